The molecule has 1 atom stereocenters. The van der Waals surface area contributed by atoms with Crippen molar-refractivity contribution in [2.45, 2.75) is 58.1 Å². The van der Waals surface area contributed by atoms with Crippen LogP contribution >= 0.6 is 0 Å². The van der Waals surface area contributed by atoms with Crippen LogP contribution in [-0.2, 0) is 9.53 Å². The number of esters is 1. The van der Waals surface area contributed by atoms with E-state index in [2.05, 4.69) is 5.32 Å². The molecule has 1 saturated heterocycles. The van der Waals surface area contributed by atoms with Crippen molar-refractivity contribution >= 4 is 5.97 Å². The van der Waals surface area contributed by atoms with Crippen LogP contribution in [0.15, 0.2) is 0 Å². The van der Waals surface area contributed by atoms with Gasteiger partial charge in [0, 0.05) is 0 Å². The van der Waals surface area contributed by atoms with Crippen molar-refractivity contribution in [3.8, 4) is 0 Å². The maximum atomic E-state index is 11.7. The molecular weight excluding hydrogens is 178 g/mol. The van der Waals surface area contributed by atoms with Gasteiger partial charge in [-0.15, -0.1) is 0 Å². The molecule has 3 heteroatoms. The summed E-state index contributed by atoms with van der Waals surface area (Å²) in [5.74, 6) is -0.0978. The predicted molar refractivity (Wildman–Crippen MR) is 56.1 cm³/mol. The smallest absolute Gasteiger partial charge is 0.323 e. The number of carbonyl (C=O) groups excluding carboxylic acids is 1. The molecule has 0 bridgehead atoms. The van der Waals surface area contributed by atoms with Crippen molar-refractivity contribution < 1.29 is 9.53 Å². The molecule has 14 heavy (non-hydrogen) atoms. The molecule has 3 nitrogen and oxygen atoms in total. The molecule has 0 amide bonds. The molecule has 0 spiro atoms. The summed E-state index contributed by atoms with van der Waals surface area (Å²) in [6.07, 6.45) is 4.41. The Morgan fingerprint density at radius 2 is 2.00 bits per heavy atom. The lowest BCUT2D eigenvalue weighted by Crippen LogP contribution is -2.40. The van der Waals surface area contributed by atoms with Crippen molar-refractivity contribution in [1.29, 1.82) is 0 Å². The Hall–Kier alpha value is -0.570. The molecule has 1 aliphatic heterocycles. The first-order valence-corrected chi connectivity index (χ1v) is 5.45. The number of hydrogen-bond donors (Lipinski definition) is 1. The van der Waals surface area contributed by atoms with Gasteiger partial charge in [-0.3, -0.25) is 4.79 Å². The molecular formula is C11H21NO2. The van der Waals surface area contributed by atoms with Gasteiger partial charge < -0.3 is 10.1 Å². The normalized spacial score (nSPS) is 24.1. The lowest BCUT2D eigenvalue weighted by molar-refractivity contribution is -0.157. The zero-order chi connectivity index (χ0) is 10.6. The van der Waals surface area contributed by atoms with Gasteiger partial charge in [-0.05, 0) is 40.2 Å². The monoisotopic (exact) mass is 199 g/mol. The van der Waals surface area contributed by atoms with Crippen LogP contribution in [0.25, 0.3) is 0 Å². The van der Waals surface area contributed by atoms with Crippen molar-refractivity contribution in [3.05, 3.63) is 0 Å². The fourth-order valence-electron chi connectivity index (χ4n) is 1.60. The number of ether oxygens (including phenoxy) is 1. The van der Waals surface area contributed by atoms with Gasteiger partial charge in [-0.1, -0.05) is 12.8 Å². The largest absolute Gasteiger partial charge is 0.459 e. The minimum absolute atomic E-state index is 0.0864. The van der Waals surface area contributed by atoms with Crippen LogP contribution in [-0.4, -0.2) is 24.2 Å². The minimum atomic E-state index is -0.370. The maximum absolute atomic E-state index is 11.7. The third-order valence-electron chi connectivity index (χ3n) is 2.25. The SMILES string of the molecule is CC(C)(C)OC(=O)[C@H]1CCCCCN1. The molecule has 0 aliphatic carbocycles. The van der Waals surface area contributed by atoms with E-state index < -0.39 is 0 Å². The molecule has 1 fully saturated rings. The highest BCUT2D eigenvalue weighted by molar-refractivity contribution is 5.76. The Labute approximate surface area is 86.2 Å². The van der Waals surface area contributed by atoms with Crippen molar-refractivity contribution in [1.82, 2.24) is 5.32 Å². The molecule has 1 aliphatic rings. The average molecular weight is 199 g/mol. The maximum Gasteiger partial charge on any atom is 0.323 e. The summed E-state index contributed by atoms with van der Waals surface area (Å²) in [4.78, 5) is 11.7. The first-order chi connectivity index (χ1) is 6.49. The standard InChI is InChI=1S/C11H21NO2/c1-11(2,3)14-10(13)9-7-5-4-6-8-12-9/h9,12H,4-8H2,1-3H3/t9-/m1/s1. The van der Waals surface area contributed by atoms with E-state index in [0.717, 1.165) is 19.4 Å². The van der Waals surface area contributed by atoms with Gasteiger partial charge in [-0.25, -0.2) is 0 Å². The second kappa shape index (κ2) is 4.78. The van der Waals surface area contributed by atoms with Crippen molar-refractivity contribution in [2.75, 3.05) is 6.54 Å². The van der Waals surface area contributed by atoms with Gasteiger partial charge in [0.2, 0.25) is 0 Å². The molecule has 82 valence electrons. The Morgan fingerprint density at radius 3 is 2.64 bits per heavy atom. The number of hydrogen-bond acceptors (Lipinski definition) is 3. The average Bonchev–Trinajstić information content (AvgIpc) is 2.27. The van der Waals surface area contributed by atoms with Crippen LogP contribution in [0.4, 0.5) is 0 Å². The molecule has 0 aromatic carbocycles. The van der Waals surface area contributed by atoms with E-state index in [9.17, 15) is 4.79 Å². The van der Waals surface area contributed by atoms with Gasteiger partial charge in [0.15, 0.2) is 0 Å². The summed E-state index contributed by atoms with van der Waals surface area (Å²) in [5.41, 5.74) is -0.370. The van der Waals surface area contributed by atoms with E-state index in [4.69, 9.17) is 4.74 Å². The van der Waals surface area contributed by atoms with Crippen molar-refractivity contribution in [2.24, 2.45) is 0 Å². The highest BCUT2D eigenvalue weighted by Crippen LogP contribution is 2.13. The zero-order valence-corrected chi connectivity index (χ0v) is 9.43. The van der Waals surface area contributed by atoms with E-state index in [0.29, 0.717) is 0 Å². The molecule has 1 heterocycles. The molecule has 0 aromatic rings. The summed E-state index contributed by atoms with van der Waals surface area (Å²) < 4.78 is 5.33. The Kier molecular flexibility index (Phi) is 3.93. The van der Waals surface area contributed by atoms with E-state index in [1.165, 1.54) is 12.8 Å². The van der Waals surface area contributed by atoms with Crippen molar-refractivity contribution in [3.63, 3.8) is 0 Å². The van der Waals surface area contributed by atoms with Gasteiger partial charge in [0.25, 0.3) is 0 Å². The number of nitrogens with one attached hydrogen (secondary N) is 1. The topological polar surface area (TPSA) is 38.3 Å². The van der Waals surface area contributed by atoms with E-state index in [1.54, 1.807) is 0 Å². The second-order valence-corrected chi connectivity index (χ2v) is 4.89. The van der Waals surface area contributed by atoms with E-state index in [-0.39, 0.29) is 17.6 Å². The van der Waals surface area contributed by atoms with Gasteiger partial charge in [-0.2, -0.15) is 0 Å². The first-order valence-electron chi connectivity index (χ1n) is 5.45. The Balaban J connectivity index is 2.42. The highest BCUT2D eigenvalue weighted by atomic mass is 16.6. The van der Waals surface area contributed by atoms with Gasteiger partial charge in [0.1, 0.15) is 11.6 Å². The van der Waals surface area contributed by atoms with Crippen LogP contribution in [0.1, 0.15) is 46.5 Å². The molecule has 0 saturated carbocycles. The van der Waals surface area contributed by atoms with Crippen LogP contribution < -0.4 is 5.32 Å². The fraction of sp³-hybridized carbons (Fsp3) is 0.909. The van der Waals surface area contributed by atoms with Gasteiger partial charge in [0.05, 0.1) is 0 Å². The Morgan fingerprint density at radius 1 is 1.29 bits per heavy atom. The summed E-state index contributed by atoms with van der Waals surface area (Å²) in [7, 11) is 0. The molecule has 1 rings (SSSR count). The summed E-state index contributed by atoms with van der Waals surface area (Å²) in [6.45, 7) is 6.65. The lowest BCUT2D eigenvalue weighted by atomic mass is 10.1. The summed E-state index contributed by atoms with van der Waals surface area (Å²) in [5, 5.41) is 3.23. The highest BCUT2D eigenvalue weighted by Gasteiger charge is 2.25. The molecule has 0 aromatic heterocycles. The summed E-state index contributed by atoms with van der Waals surface area (Å²) >= 11 is 0. The van der Waals surface area contributed by atoms with E-state index >= 15 is 0 Å². The first kappa shape index (κ1) is 11.5. The third kappa shape index (κ3) is 4.09. The summed E-state index contributed by atoms with van der Waals surface area (Å²) in [6, 6.07) is -0.0864. The third-order valence-corrected chi connectivity index (χ3v) is 2.25. The van der Waals surface area contributed by atoms with E-state index in [1.807, 2.05) is 20.8 Å². The predicted octanol–water partition coefficient (Wildman–Crippen LogP) is 1.86. The van der Waals surface area contributed by atoms with Crippen LogP contribution in [0.3, 0.4) is 0 Å². The van der Waals surface area contributed by atoms with Crippen LogP contribution in [0, 0.1) is 0 Å². The number of carbonyl (C=O) groups is 1. The molecule has 1 N–H and O–H groups in total. The second-order valence-electron chi connectivity index (χ2n) is 4.89. The van der Waals surface area contributed by atoms with Crippen LogP contribution in [0.5, 0.6) is 0 Å². The van der Waals surface area contributed by atoms with Gasteiger partial charge >= 0.3 is 5.97 Å². The number of rotatable bonds is 1. The molecule has 0 radical (unpaired) electrons. The Bertz CT molecular complexity index is 188. The zero-order valence-electron chi connectivity index (χ0n) is 9.43. The fourth-order valence-corrected chi connectivity index (χ4v) is 1.60. The van der Waals surface area contributed by atoms with Crippen LogP contribution in [0.2, 0.25) is 0 Å². The lowest BCUT2D eigenvalue weighted by Gasteiger charge is -2.23. The quantitative estimate of drug-likeness (QED) is 0.655. The minimum Gasteiger partial charge on any atom is -0.459 e. The molecule has 0 unspecified atom stereocenters.